The minimum atomic E-state index is -0.171. The van der Waals surface area contributed by atoms with E-state index in [1.807, 2.05) is 43.3 Å². The summed E-state index contributed by atoms with van der Waals surface area (Å²) in [5, 5.41) is 10.4. The summed E-state index contributed by atoms with van der Waals surface area (Å²) in [5.74, 6) is 1.20. The Balaban J connectivity index is 1.56. The van der Waals surface area contributed by atoms with Crippen molar-refractivity contribution in [3.63, 3.8) is 0 Å². The van der Waals surface area contributed by atoms with Crippen LogP contribution in [0.4, 0.5) is 0 Å². The molecule has 0 saturated carbocycles. The number of carbonyl (C=O) groups is 1. The Morgan fingerprint density at radius 2 is 2.07 bits per heavy atom. The van der Waals surface area contributed by atoms with Crippen LogP contribution in [0.1, 0.15) is 5.56 Å². The highest BCUT2D eigenvalue weighted by atomic mass is 35.5. The third-order valence-electron chi connectivity index (χ3n) is 3.84. The van der Waals surface area contributed by atoms with Crippen LogP contribution in [0.3, 0.4) is 0 Å². The van der Waals surface area contributed by atoms with Gasteiger partial charge < -0.3 is 10.1 Å². The number of aromatic amines is 1. The van der Waals surface area contributed by atoms with Gasteiger partial charge in [0.1, 0.15) is 18.9 Å². The molecule has 140 valence electrons. The first-order chi connectivity index (χ1) is 13.0. The fraction of sp³-hybridized carbons (Fsp3) is 0.211. The van der Waals surface area contributed by atoms with Crippen LogP contribution in [0.15, 0.2) is 48.5 Å². The molecule has 1 heterocycles. The summed E-state index contributed by atoms with van der Waals surface area (Å²) in [4.78, 5) is 12.3. The van der Waals surface area contributed by atoms with Crippen molar-refractivity contribution in [2.75, 3.05) is 13.2 Å². The lowest BCUT2D eigenvalue weighted by Crippen LogP contribution is -2.31. The van der Waals surface area contributed by atoms with Crippen LogP contribution >= 0.6 is 23.8 Å². The summed E-state index contributed by atoms with van der Waals surface area (Å²) >= 11 is 11.2. The normalized spacial score (nSPS) is 10.6. The van der Waals surface area contributed by atoms with E-state index in [4.69, 9.17) is 28.6 Å². The minimum Gasteiger partial charge on any atom is -0.492 e. The predicted molar refractivity (Wildman–Crippen MR) is 108 cm³/mol. The molecule has 0 bridgehead atoms. The number of benzene rings is 2. The van der Waals surface area contributed by atoms with Gasteiger partial charge in [0.05, 0.1) is 6.54 Å². The zero-order valence-electron chi connectivity index (χ0n) is 14.7. The van der Waals surface area contributed by atoms with Crippen LogP contribution < -0.4 is 10.1 Å². The minimum absolute atomic E-state index is 0.0672. The van der Waals surface area contributed by atoms with Gasteiger partial charge in [0.15, 0.2) is 10.6 Å². The van der Waals surface area contributed by atoms with Crippen molar-refractivity contribution in [1.29, 1.82) is 0 Å². The molecule has 0 aliphatic carbocycles. The van der Waals surface area contributed by atoms with Gasteiger partial charge in [-0.2, -0.15) is 5.10 Å². The summed E-state index contributed by atoms with van der Waals surface area (Å²) in [6.45, 7) is 2.85. The fourth-order valence-electron chi connectivity index (χ4n) is 2.55. The molecule has 0 radical (unpaired) electrons. The zero-order chi connectivity index (χ0) is 19.2. The molecule has 1 aromatic heterocycles. The van der Waals surface area contributed by atoms with Gasteiger partial charge in [0.25, 0.3) is 0 Å². The summed E-state index contributed by atoms with van der Waals surface area (Å²) in [6, 6.07) is 15.0. The zero-order valence-corrected chi connectivity index (χ0v) is 16.3. The number of aryl methyl sites for hydroxylation is 1. The predicted octanol–water partition coefficient (Wildman–Crippen LogP) is 3.76. The Morgan fingerprint density at radius 3 is 2.81 bits per heavy atom. The molecule has 0 atom stereocenters. The van der Waals surface area contributed by atoms with Gasteiger partial charge in [0.2, 0.25) is 5.91 Å². The first-order valence-electron chi connectivity index (χ1n) is 8.40. The van der Waals surface area contributed by atoms with Crippen molar-refractivity contribution in [1.82, 2.24) is 20.1 Å². The maximum atomic E-state index is 12.3. The van der Waals surface area contributed by atoms with E-state index in [1.165, 1.54) is 0 Å². The SMILES string of the molecule is Cc1cccc(OCCNC(=O)Cn2c(-c3ccc(Cl)cc3)n[nH]c2=S)c1. The van der Waals surface area contributed by atoms with E-state index in [0.717, 1.165) is 16.9 Å². The Kier molecular flexibility index (Phi) is 6.26. The average molecular weight is 403 g/mol. The second-order valence-electron chi connectivity index (χ2n) is 5.96. The molecule has 0 unspecified atom stereocenters. The molecule has 3 rings (SSSR count). The number of nitrogens with zero attached hydrogens (tertiary/aromatic N) is 2. The molecule has 8 heteroatoms. The van der Waals surface area contributed by atoms with Gasteiger partial charge in [-0.25, -0.2) is 0 Å². The van der Waals surface area contributed by atoms with Crippen molar-refractivity contribution < 1.29 is 9.53 Å². The quantitative estimate of drug-likeness (QED) is 0.466. The number of H-pyrrole nitrogens is 1. The van der Waals surface area contributed by atoms with Gasteiger partial charge in [-0.15, -0.1) is 0 Å². The van der Waals surface area contributed by atoms with E-state index in [-0.39, 0.29) is 12.5 Å². The number of nitrogens with one attached hydrogen (secondary N) is 2. The van der Waals surface area contributed by atoms with Crippen LogP contribution in [0.25, 0.3) is 11.4 Å². The van der Waals surface area contributed by atoms with E-state index >= 15 is 0 Å². The second-order valence-corrected chi connectivity index (χ2v) is 6.78. The van der Waals surface area contributed by atoms with Crippen molar-refractivity contribution >= 4 is 29.7 Å². The Morgan fingerprint density at radius 1 is 1.30 bits per heavy atom. The van der Waals surface area contributed by atoms with Crippen molar-refractivity contribution in [3.05, 3.63) is 63.9 Å². The van der Waals surface area contributed by atoms with Gasteiger partial charge in [-0.05, 0) is 61.1 Å². The Labute approximate surface area is 167 Å². The summed E-state index contributed by atoms with van der Waals surface area (Å²) < 4.78 is 7.66. The third kappa shape index (κ3) is 5.18. The van der Waals surface area contributed by atoms with Crippen LogP contribution in [-0.2, 0) is 11.3 Å². The molecule has 1 amide bonds. The number of hydrogen-bond donors (Lipinski definition) is 2. The van der Waals surface area contributed by atoms with Crippen LogP contribution in [-0.4, -0.2) is 33.8 Å². The first kappa shape index (κ1) is 19.1. The molecule has 0 saturated heterocycles. The molecule has 0 aliphatic rings. The smallest absolute Gasteiger partial charge is 0.240 e. The lowest BCUT2D eigenvalue weighted by Gasteiger charge is -2.10. The van der Waals surface area contributed by atoms with Gasteiger partial charge in [0, 0.05) is 10.6 Å². The second kappa shape index (κ2) is 8.83. The average Bonchev–Trinajstić information content (AvgIpc) is 3.00. The first-order valence-corrected chi connectivity index (χ1v) is 9.19. The van der Waals surface area contributed by atoms with E-state index in [1.54, 1.807) is 16.7 Å². The number of ether oxygens (including phenoxy) is 1. The van der Waals surface area contributed by atoms with E-state index in [2.05, 4.69) is 15.5 Å². The number of rotatable bonds is 7. The number of halogens is 1. The largest absolute Gasteiger partial charge is 0.492 e. The lowest BCUT2D eigenvalue weighted by atomic mass is 10.2. The molecular weight excluding hydrogens is 384 g/mol. The maximum Gasteiger partial charge on any atom is 0.240 e. The number of amides is 1. The van der Waals surface area contributed by atoms with Crippen LogP contribution in [0, 0.1) is 11.7 Å². The number of carbonyl (C=O) groups excluding carboxylic acids is 1. The highest BCUT2D eigenvalue weighted by Gasteiger charge is 2.12. The number of aromatic nitrogens is 3. The van der Waals surface area contributed by atoms with Crippen molar-refractivity contribution in [3.8, 4) is 17.1 Å². The highest BCUT2D eigenvalue weighted by Crippen LogP contribution is 2.19. The molecule has 0 spiro atoms. The number of hydrogen-bond acceptors (Lipinski definition) is 4. The molecule has 0 aliphatic heterocycles. The fourth-order valence-corrected chi connectivity index (χ4v) is 2.87. The lowest BCUT2D eigenvalue weighted by molar-refractivity contribution is -0.121. The van der Waals surface area contributed by atoms with Crippen LogP contribution in [0.2, 0.25) is 5.02 Å². The van der Waals surface area contributed by atoms with Crippen molar-refractivity contribution in [2.24, 2.45) is 0 Å². The topological polar surface area (TPSA) is 71.9 Å². The molecule has 2 aromatic carbocycles. The van der Waals surface area contributed by atoms with Crippen LogP contribution in [0.5, 0.6) is 5.75 Å². The van der Waals surface area contributed by atoms with E-state index in [9.17, 15) is 4.79 Å². The Hall–Kier alpha value is -2.64. The molecule has 0 fully saturated rings. The molecule has 2 N–H and O–H groups in total. The Bertz CT molecular complexity index is 982. The summed E-state index contributed by atoms with van der Waals surface area (Å²) in [7, 11) is 0. The van der Waals surface area contributed by atoms with Crippen molar-refractivity contribution in [2.45, 2.75) is 13.5 Å². The maximum absolute atomic E-state index is 12.3. The molecule has 6 nitrogen and oxygen atoms in total. The summed E-state index contributed by atoms with van der Waals surface area (Å²) in [6.07, 6.45) is 0. The third-order valence-corrected chi connectivity index (χ3v) is 4.41. The summed E-state index contributed by atoms with van der Waals surface area (Å²) in [5.41, 5.74) is 1.95. The van der Waals surface area contributed by atoms with Gasteiger partial charge in [-0.1, -0.05) is 23.7 Å². The van der Waals surface area contributed by atoms with Gasteiger partial charge >= 0.3 is 0 Å². The molecule has 3 aromatic rings. The highest BCUT2D eigenvalue weighted by molar-refractivity contribution is 7.71. The molecule has 27 heavy (non-hydrogen) atoms. The van der Waals surface area contributed by atoms with Gasteiger partial charge in [-0.3, -0.25) is 14.5 Å². The molecular formula is C19H19ClN4O2S. The van der Waals surface area contributed by atoms with E-state index < -0.39 is 0 Å². The standard InChI is InChI=1S/C19H19ClN4O2S/c1-13-3-2-4-16(11-13)26-10-9-21-17(25)12-24-18(22-23-19(24)27)14-5-7-15(20)8-6-14/h2-8,11H,9-10,12H2,1H3,(H,21,25)(H,23,27). The monoisotopic (exact) mass is 402 g/mol. The van der Waals surface area contributed by atoms with E-state index in [0.29, 0.717) is 28.8 Å².